The van der Waals surface area contributed by atoms with Gasteiger partial charge in [0.25, 0.3) is 5.91 Å². The number of ether oxygens (including phenoxy) is 1. The van der Waals surface area contributed by atoms with Gasteiger partial charge < -0.3 is 9.22 Å². The highest BCUT2D eigenvalue weighted by Gasteiger charge is 2.13. The first-order valence-corrected chi connectivity index (χ1v) is 6.63. The van der Waals surface area contributed by atoms with Gasteiger partial charge >= 0.3 is 0 Å². The van der Waals surface area contributed by atoms with Crippen LogP contribution in [0.5, 0.6) is 5.75 Å². The maximum absolute atomic E-state index is 11.6. The Hall–Kier alpha value is -1.59. The number of carbonyl (C=O) groups excluding carboxylic acids is 1. The van der Waals surface area contributed by atoms with Crippen molar-refractivity contribution in [3.63, 3.8) is 0 Å². The SMILES string of the molecule is COc1ccc(Cl)cc1C/C=N/NC(=O)C[N+](C)(C)C. The van der Waals surface area contributed by atoms with Crippen LogP contribution in [-0.4, -0.2) is 51.4 Å². The topological polar surface area (TPSA) is 50.7 Å². The Balaban J connectivity index is 2.53. The van der Waals surface area contributed by atoms with Crippen molar-refractivity contribution in [2.75, 3.05) is 34.8 Å². The van der Waals surface area contributed by atoms with Gasteiger partial charge in [-0.15, -0.1) is 0 Å². The van der Waals surface area contributed by atoms with Crippen LogP contribution in [0.3, 0.4) is 0 Å². The predicted octanol–water partition coefficient (Wildman–Crippen LogP) is 1.70. The van der Waals surface area contributed by atoms with Crippen LogP contribution in [0.1, 0.15) is 5.56 Å². The number of quaternary nitrogens is 1. The molecule has 6 heteroatoms. The van der Waals surface area contributed by atoms with Crippen molar-refractivity contribution in [1.82, 2.24) is 5.43 Å². The van der Waals surface area contributed by atoms with Gasteiger partial charge in [0.1, 0.15) is 5.75 Å². The number of hydrazone groups is 1. The molecule has 1 amide bonds. The summed E-state index contributed by atoms with van der Waals surface area (Å²) in [6.45, 7) is 0.373. The van der Waals surface area contributed by atoms with E-state index in [0.29, 0.717) is 22.5 Å². The van der Waals surface area contributed by atoms with Gasteiger partial charge in [0.05, 0.1) is 28.3 Å². The zero-order valence-electron chi connectivity index (χ0n) is 12.3. The van der Waals surface area contributed by atoms with Crippen LogP contribution >= 0.6 is 11.6 Å². The summed E-state index contributed by atoms with van der Waals surface area (Å²) in [7, 11) is 7.44. The predicted molar refractivity (Wildman–Crippen MR) is 81.2 cm³/mol. The second kappa shape index (κ2) is 7.26. The monoisotopic (exact) mass is 298 g/mol. The second-order valence-corrected chi connectivity index (χ2v) is 5.89. The molecule has 0 spiro atoms. The number of methoxy groups -OCH3 is 1. The Morgan fingerprint density at radius 3 is 2.75 bits per heavy atom. The molecule has 5 nitrogen and oxygen atoms in total. The van der Waals surface area contributed by atoms with E-state index in [-0.39, 0.29) is 5.91 Å². The minimum absolute atomic E-state index is 0.119. The molecule has 0 saturated heterocycles. The number of rotatable bonds is 6. The van der Waals surface area contributed by atoms with E-state index in [4.69, 9.17) is 16.3 Å². The number of carbonyl (C=O) groups is 1. The van der Waals surface area contributed by atoms with Crippen LogP contribution in [0, 0.1) is 0 Å². The van der Waals surface area contributed by atoms with Crippen molar-refractivity contribution in [2.45, 2.75) is 6.42 Å². The van der Waals surface area contributed by atoms with Crippen molar-refractivity contribution >= 4 is 23.7 Å². The Kier molecular flexibility index (Phi) is 5.98. The molecule has 0 radical (unpaired) electrons. The van der Waals surface area contributed by atoms with Gasteiger partial charge in [0, 0.05) is 23.2 Å². The molecule has 1 aromatic carbocycles. The first-order chi connectivity index (χ1) is 9.31. The molecule has 110 valence electrons. The van der Waals surface area contributed by atoms with Gasteiger partial charge in [0.15, 0.2) is 6.54 Å². The van der Waals surface area contributed by atoms with Crippen molar-refractivity contribution in [3.8, 4) is 5.75 Å². The summed E-state index contributed by atoms with van der Waals surface area (Å²) in [6, 6.07) is 5.39. The summed E-state index contributed by atoms with van der Waals surface area (Å²) < 4.78 is 5.79. The molecule has 0 heterocycles. The summed E-state index contributed by atoms with van der Waals surface area (Å²) in [5.74, 6) is 0.630. The van der Waals surface area contributed by atoms with Gasteiger partial charge in [-0.05, 0) is 18.2 Å². The quantitative estimate of drug-likeness (QED) is 0.494. The summed E-state index contributed by atoms with van der Waals surface area (Å²) in [5.41, 5.74) is 3.42. The first kappa shape index (κ1) is 16.5. The van der Waals surface area contributed by atoms with E-state index in [2.05, 4.69) is 10.5 Å². The third kappa shape index (κ3) is 6.04. The van der Waals surface area contributed by atoms with Crippen molar-refractivity contribution < 1.29 is 14.0 Å². The van der Waals surface area contributed by atoms with E-state index in [1.165, 1.54) is 0 Å². The number of benzene rings is 1. The molecule has 0 atom stereocenters. The van der Waals surface area contributed by atoms with E-state index < -0.39 is 0 Å². The van der Waals surface area contributed by atoms with Gasteiger partial charge in [-0.3, -0.25) is 4.79 Å². The molecule has 0 unspecified atom stereocenters. The molecule has 0 aromatic heterocycles. The third-order valence-electron chi connectivity index (χ3n) is 2.45. The molecule has 0 saturated carbocycles. The highest BCUT2D eigenvalue weighted by molar-refractivity contribution is 6.30. The maximum atomic E-state index is 11.6. The molecule has 1 aromatic rings. The minimum Gasteiger partial charge on any atom is -0.496 e. The van der Waals surface area contributed by atoms with Gasteiger partial charge in [-0.1, -0.05) is 11.6 Å². The molecule has 0 aliphatic carbocycles. The summed E-state index contributed by atoms with van der Waals surface area (Å²) in [5, 5.41) is 4.56. The molecule has 0 aliphatic heterocycles. The summed E-state index contributed by atoms with van der Waals surface area (Å²) in [6.07, 6.45) is 2.16. The molecule has 0 bridgehead atoms. The van der Waals surface area contributed by atoms with Crippen LogP contribution in [-0.2, 0) is 11.2 Å². The molecular formula is C14H21ClN3O2+. The number of likely N-dealkylation sites (N-methyl/N-ethyl adjacent to an activating group) is 1. The van der Waals surface area contributed by atoms with Crippen LogP contribution in [0.2, 0.25) is 5.02 Å². The second-order valence-electron chi connectivity index (χ2n) is 5.46. The molecule has 20 heavy (non-hydrogen) atoms. The van der Waals surface area contributed by atoms with Crippen LogP contribution in [0.25, 0.3) is 0 Å². The lowest BCUT2D eigenvalue weighted by Crippen LogP contribution is -2.43. The van der Waals surface area contributed by atoms with Crippen molar-refractivity contribution in [1.29, 1.82) is 0 Å². The number of nitrogens with zero attached hydrogens (tertiary/aromatic N) is 2. The third-order valence-corrected chi connectivity index (χ3v) is 2.69. The van der Waals surface area contributed by atoms with Crippen LogP contribution < -0.4 is 10.2 Å². The molecule has 1 N–H and O–H groups in total. The van der Waals surface area contributed by atoms with E-state index in [1.54, 1.807) is 25.5 Å². The number of hydrogen-bond acceptors (Lipinski definition) is 3. The average molecular weight is 299 g/mol. The fourth-order valence-electron chi connectivity index (χ4n) is 1.63. The number of hydrogen-bond donors (Lipinski definition) is 1. The van der Waals surface area contributed by atoms with Crippen LogP contribution in [0.15, 0.2) is 23.3 Å². The number of halogens is 1. The average Bonchev–Trinajstić information content (AvgIpc) is 2.33. The van der Waals surface area contributed by atoms with E-state index in [9.17, 15) is 4.79 Å². The molecule has 0 fully saturated rings. The fourth-order valence-corrected chi connectivity index (χ4v) is 1.83. The standard InChI is InChI=1S/C14H20ClN3O2/c1-18(2,3)10-14(19)17-16-8-7-11-9-12(15)5-6-13(11)20-4/h5-6,8-9H,7,10H2,1-4H3/p+1/b16-8+. The van der Waals surface area contributed by atoms with Crippen LogP contribution in [0.4, 0.5) is 0 Å². The lowest BCUT2D eigenvalue weighted by molar-refractivity contribution is -0.862. The zero-order valence-corrected chi connectivity index (χ0v) is 13.1. The lowest BCUT2D eigenvalue weighted by Gasteiger charge is -2.21. The molecular weight excluding hydrogens is 278 g/mol. The largest absolute Gasteiger partial charge is 0.496 e. The van der Waals surface area contributed by atoms with Gasteiger partial charge in [-0.25, -0.2) is 5.43 Å². The normalized spacial score (nSPS) is 11.7. The molecule has 1 rings (SSSR count). The van der Waals surface area contributed by atoms with Gasteiger partial charge in [-0.2, -0.15) is 5.10 Å². The van der Waals surface area contributed by atoms with Crippen molar-refractivity contribution in [2.24, 2.45) is 5.10 Å². The minimum atomic E-state index is -0.119. The lowest BCUT2D eigenvalue weighted by atomic mass is 10.1. The Bertz CT molecular complexity index is 496. The summed E-state index contributed by atoms with van der Waals surface area (Å²) in [4.78, 5) is 11.6. The van der Waals surface area contributed by atoms with E-state index in [1.807, 2.05) is 27.2 Å². The number of nitrogens with one attached hydrogen (secondary N) is 1. The van der Waals surface area contributed by atoms with E-state index in [0.717, 1.165) is 11.3 Å². The highest BCUT2D eigenvalue weighted by atomic mass is 35.5. The fraction of sp³-hybridized carbons (Fsp3) is 0.429. The van der Waals surface area contributed by atoms with Gasteiger partial charge in [0.2, 0.25) is 0 Å². The highest BCUT2D eigenvalue weighted by Crippen LogP contribution is 2.22. The van der Waals surface area contributed by atoms with E-state index >= 15 is 0 Å². The summed E-state index contributed by atoms with van der Waals surface area (Å²) >= 11 is 5.94. The Morgan fingerprint density at radius 1 is 1.45 bits per heavy atom. The zero-order chi connectivity index (χ0) is 15.2. The van der Waals surface area contributed by atoms with Crippen molar-refractivity contribution in [3.05, 3.63) is 28.8 Å². The Labute approximate surface area is 124 Å². The first-order valence-electron chi connectivity index (χ1n) is 6.25. The maximum Gasteiger partial charge on any atom is 0.295 e. The smallest absolute Gasteiger partial charge is 0.295 e. The Morgan fingerprint density at radius 2 is 2.15 bits per heavy atom. The molecule has 0 aliphatic rings. The number of amides is 1.